The molecule has 1 heterocycles. The molecule has 1 aromatic rings. The van der Waals surface area contributed by atoms with Crippen LogP contribution in [0.5, 0.6) is 0 Å². The minimum atomic E-state index is -0.440. The summed E-state index contributed by atoms with van der Waals surface area (Å²) in [5.74, 6) is 0. The molecular formula is C14H22N2O2. The van der Waals surface area contributed by atoms with Crippen molar-refractivity contribution < 1.29 is 9.84 Å². The summed E-state index contributed by atoms with van der Waals surface area (Å²) in [6.45, 7) is 2.66. The third-order valence-electron chi connectivity index (χ3n) is 3.62. The minimum absolute atomic E-state index is 0.384. The van der Waals surface area contributed by atoms with Crippen LogP contribution in [-0.2, 0) is 4.74 Å². The van der Waals surface area contributed by atoms with Gasteiger partial charge in [-0.05, 0) is 30.5 Å². The molecule has 0 amide bonds. The molecule has 1 fully saturated rings. The van der Waals surface area contributed by atoms with Crippen molar-refractivity contribution in [2.24, 2.45) is 0 Å². The van der Waals surface area contributed by atoms with Gasteiger partial charge in [0.15, 0.2) is 0 Å². The smallest absolute Gasteiger partial charge is 0.0916 e. The van der Waals surface area contributed by atoms with Crippen LogP contribution in [0.25, 0.3) is 0 Å². The van der Waals surface area contributed by atoms with Gasteiger partial charge >= 0.3 is 0 Å². The lowest BCUT2D eigenvalue weighted by molar-refractivity contribution is 0.0242. The maximum absolute atomic E-state index is 10.2. The highest BCUT2D eigenvalue weighted by molar-refractivity contribution is 5.39. The summed E-state index contributed by atoms with van der Waals surface area (Å²) in [5.41, 5.74) is 7.29. The Labute approximate surface area is 108 Å². The molecule has 0 radical (unpaired) electrons. The monoisotopic (exact) mass is 250 g/mol. The summed E-state index contributed by atoms with van der Waals surface area (Å²) in [6, 6.07) is 7.44. The van der Waals surface area contributed by atoms with Crippen LogP contribution in [0.15, 0.2) is 24.3 Å². The summed E-state index contributed by atoms with van der Waals surface area (Å²) in [7, 11) is 1.77. The molecule has 100 valence electrons. The van der Waals surface area contributed by atoms with Crippen LogP contribution in [0, 0.1) is 0 Å². The van der Waals surface area contributed by atoms with E-state index < -0.39 is 6.10 Å². The normalized spacial score (nSPS) is 19.9. The molecule has 1 atom stereocenters. The number of anilines is 1. The molecule has 2 rings (SSSR count). The first kappa shape index (κ1) is 13.3. The predicted octanol–water partition coefficient (Wildman–Crippen LogP) is 1.41. The molecule has 0 aromatic heterocycles. The van der Waals surface area contributed by atoms with Crippen molar-refractivity contribution in [2.45, 2.75) is 25.0 Å². The first-order chi connectivity index (χ1) is 8.69. The summed E-state index contributed by atoms with van der Waals surface area (Å²) >= 11 is 0. The van der Waals surface area contributed by atoms with Crippen LogP contribution < -0.4 is 5.73 Å². The summed E-state index contributed by atoms with van der Waals surface area (Å²) in [5, 5.41) is 10.2. The maximum atomic E-state index is 10.2. The number of hydrogen-bond acceptors (Lipinski definition) is 4. The molecular weight excluding hydrogens is 228 g/mol. The number of aliphatic hydroxyl groups is 1. The van der Waals surface area contributed by atoms with Crippen LogP contribution in [0.2, 0.25) is 0 Å². The van der Waals surface area contributed by atoms with Crippen molar-refractivity contribution >= 4 is 5.69 Å². The average Bonchev–Trinajstić information content (AvgIpc) is 2.40. The Bertz CT molecular complexity index is 359. The Morgan fingerprint density at radius 1 is 1.33 bits per heavy atom. The zero-order valence-corrected chi connectivity index (χ0v) is 10.9. The Morgan fingerprint density at radius 3 is 2.50 bits per heavy atom. The van der Waals surface area contributed by atoms with Gasteiger partial charge in [0.1, 0.15) is 0 Å². The van der Waals surface area contributed by atoms with Gasteiger partial charge in [-0.25, -0.2) is 0 Å². The minimum Gasteiger partial charge on any atom is -0.399 e. The molecule has 0 aliphatic carbocycles. The molecule has 0 bridgehead atoms. The molecule has 0 spiro atoms. The van der Waals surface area contributed by atoms with Gasteiger partial charge in [-0.15, -0.1) is 0 Å². The molecule has 3 N–H and O–H groups in total. The number of nitrogens with two attached hydrogens (primary N) is 1. The van der Waals surface area contributed by atoms with Crippen LogP contribution >= 0.6 is 0 Å². The first-order valence-electron chi connectivity index (χ1n) is 6.47. The van der Waals surface area contributed by atoms with E-state index in [2.05, 4.69) is 4.90 Å². The second-order valence-corrected chi connectivity index (χ2v) is 4.92. The van der Waals surface area contributed by atoms with Gasteiger partial charge in [0, 0.05) is 32.4 Å². The molecule has 1 saturated heterocycles. The topological polar surface area (TPSA) is 58.7 Å². The number of ether oxygens (including phenoxy) is 1. The van der Waals surface area contributed by atoms with Crippen molar-refractivity contribution in [1.29, 1.82) is 0 Å². The van der Waals surface area contributed by atoms with Crippen molar-refractivity contribution in [3.8, 4) is 0 Å². The molecule has 1 aliphatic heterocycles. The Hall–Kier alpha value is -1.10. The third kappa shape index (κ3) is 3.45. The fraction of sp³-hybridized carbons (Fsp3) is 0.571. The van der Waals surface area contributed by atoms with E-state index in [4.69, 9.17) is 10.5 Å². The average molecular weight is 250 g/mol. The lowest BCUT2D eigenvalue weighted by atomic mass is 10.0. The van der Waals surface area contributed by atoms with Crippen molar-refractivity contribution in [3.63, 3.8) is 0 Å². The number of methoxy groups -OCH3 is 1. The quantitative estimate of drug-likeness (QED) is 0.793. The summed E-state index contributed by atoms with van der Waals surface area (Å²) < 4.78 is 5.34. The Morgan fingerprint density at radius 2 is 1.94 bits per heavy atom. The van der Waals surface area contributed by atoms with E-state index in [0.29, 0.717) is 12.6 Å². The van der Waals surface area contributed by atoms with Gasteiger partial charge in [0.25, 0.3) is 0 Å². The van der Waals surface area contributed by atoms with E-state index in [-0.39, 0.29) is 0 Å². The van der Waals surface area contributed by atoms with Crippen LogP contribution in [0.1, 0.15) is 24.5 Å². The zero-order valence-electron chi connectivity index (χ0n) is 10.9. The van der Waals surface area contributed by atoms with Crippen molar-refractivity contribution in [2.75, 3.05) is 32.5 Å². The van der Waals surface area contributed by atoms with E-state index in [0.717, 1.165) is 37.2 Å². The van der Waals surface area contributed by atoms with Crippen LogP contribution in [0.3, 0.4) is 0 Å². The van der Waals surface area contributed by atoms with Crippen LogP contribution in [0.4, 0.5) is 5.69 Å². The molecule has 1 aromatic carbocycles. The second-order valence-electron chi connectivity index (χ2n) is 4.92. The number of nitrogen functional groups attached to an aromatic ring is 1. The summed E-state index contributed by atoms with van der Waals surface area (Å²) in [6.07, 6.45) is 2.04. The maximum Gasteiger partial charge on any atom is 0.0916 e. The van der Waals surface area contributed by atoms with Gasteiger partial charge in [0.2, 0.25) is 0 Å². The highest BCUT2D eigenvalue weighted by Gasteiger charge is 2.21. The number of hydrogen-bond donors (Lipinski definition) is 2. The van der Waals surface area contributed by atoms with Crippen LogP contribution in [-0.4, -0.2) is 42.9 Å². The number of piperidine rings is 1. The molecule has 4 nitrogen and oxygen atoms in total. The largest absolute Gasteiger partial charge is 0.399 e. The number of aliphatic hydroxyl groups excluding tert-OH is 1. The number of benzene rings is 1. The van der Waals surface area contributed by atoms with E-state index >= 15 is 0 Å². The second kappa shape index (κ2) is 6.18. The molecule has 1 aliphatic rings. The number of β-amino-alcohol motifs (C(OH)–C–C–N with tert-alkyl or cyclic N) is 1. The van der Waals surface area contributed by atoms with E-state index in [1.54, 1.807) is 7.11 Å². The first-order valence-corrected chi connectivity index (χ1v) is 6.47. The van der Waals surface area contributed by atoms with Gasteiger partial charge in [-0.1, -0.05) is 12.1 Å². The highest BCUT2D eigenvalue weighted by atomic mass is 16.5. The third-order valence-corrected chi connectivity index (χ3v) is 3.62. The predicted molar refractivity (Wildman–Crippen MR) is 72.3 cm³/mol. The fourth-order valence-corrected chi connectivity index (χ4v) is 2.40. The number of rotatable bonds is 4. The fourth-order valence-electron chi connectivity index (χ4n) is 2.40. The van der Waals surface area contributed by atoms with Gasteiger partial charge in [0.05, 0.1) is 12.2 Å². The SMILES string of the molecule is COC1CCN(CC(O)c2ccc(N)cc2)CC1. The Kier molecular flexibility index (Phi) is 4.58. The van der Waals surface area contributed by atoms with Gasteiger partial charge in [-0.3, -0.25) is 0 Å². The Balaban J connectivity index is 1.84. The van der Waals surface area contributed by atoms with Gasteiger partial charge < -0.3 is 20.5 Å². The zero-order chi connectivity index (χ0) is 13.0. The molecule has 18 heavy (non-hydrogen) atoms. The van der Waals surface area contributed by atoms with E-state index in [1.807, 2.05) is 24.3 Å². The van der Waals surface area contributed by atoms with E-state index in [9.17, 15) is 5.11 Å². The summed E-state index contributed by atoms with van der Waals surface area (Å²) in [4.78, 5) is 2.29. The van der Waals surface area contributed by atoms with Crippen molar-refractivity contribution in [1.82, 2.24) is 4.90 Å². The molecule has 0 saturated carbocycles. The van der Waals surface area contributed by atoms with E-state index in [1.165, 1.54) is 0 Å². The lowest BCUT2D eigenvalue weighted by Crippen LogP contribution is -2.38. The highest BCUT2D eigenvalue weighted by Crippen LogP contribution is 2.19. The number of likely N-dealkylation sites (tertiary alicyclic amines) is 1. The van der Waals surface area contributed by atoms with Gasteiger partial charge in [-0.2, -0.15) is 0 Å². The molecule has 4 heteroatoms. The standard InChI is InChI=1S/C14H22N2O2/c1-18-13-6-8-16(9-7-13)10-14(17)11-2-4-12(15)5-3-11/h2-5,13-14,17H,6-10,15H2,1H3. The van der Waals surface area contributed by atoms with Crippen molar-refractivity contribution in [3.05, 3.63) is 29.8 Å². The number of nitrogens with zero attached hydrogens (tertiary/aromatic N) is 1. The molecule has 1 unspecified atom stereocenters. The lowest BCUT2D eigenvalue weighted by Gasteiger charge is -2.32.